The highest BCUT2D eigenvalue weighted by Gasteiger charge is 2.31. The molecule has 1 unspecified atom stereocenters. The first-order chi connectivity index (χ1) is 15.1. The summed E-state index contributed by atoms with van der Waals surface area (Å²) in [6.07, 6.45) is 0.377. The van der Waals surface area contributed by atoms with Crippen LogP contribution in [0.4, 0.5) is 5.69 Å². The highest BCUT2D eigenvalue weighted by Crippen LogP contribution is 2.37. The van der Waals surface area contributed by atoms with Crippen molar-refractivity contribution in [2.75, 3.05) is 38.0 Å². The molecule has 164 valence electrons. The van der Waals surface area contributed by atoms with Crippen molar-refractivity contribution in [3.05, 3.63) is 42.0 Å². The first kappa shape index (κ1) is 20.8. The van der Waals surface area contributed by atoms with Crippen molar-refractivity contribution in [1.29, 1.82) is 0 Å². The number of nitrogens with zero attached hydrogens (tertiary/aromatic N) is 1. The number of fused-ring (bicyclic) bond motifs is 1. The molecule has 1 saturated heterocycles. The molecule has 1 atom stereocenters. The second kappa shape index (κ2) is 9.16. The molecule has 2 aliphatic heterocycles. The number of hydrogen-bond acceptors (Lipinski definition) is 6. The minimum Gasteiger partial charge on any atom is -0.490 e. The summed E-state index contributed by atoms with van der Waals surface area (Å²) in [7, 11) is 0. The van der Waals surface area contributed by atoms with Crippen LogP contribution in [0.1, 0.15) is 30.6 Å². The zero-order valence-electron chi connectivity index (χ0n) is 17.7. The van der Waals surface area contributed by atoms with E-state index in [1.54, 1.807) is 23.1 Å². The van der Waals surface area contributed by atoms with Gasteiger partial charge in [0.15, 0.2) is 23.0 Å². The molecule has 0 aliphatic carbocycles. The van der Waals surface area contributed by atoms with Crippen molar-refractivity contribution < 1.29 is 28.5 Å². The molecule has 2 aromatic rings. The Hall–Kier alpha value is -3.42. The molecule has 0 aromatic heterocycles. The molecule has 1 fully saturated rings. The number of nitrogens with one attached hydrogen (secondary N) is 1. The van der Waals surface area contributed by atoms with E-state index in [9.17, 15) is 9.59 Å². The lowest BCUT2D eigenvalue weighted by atomic mass is 10.1. The van der Waals surface area contributed by atoms with E-state index in [4.69, 9.17) is 18.9 Å². The van der Waals surface area contributed by atoms with Gasteiger partial charge >= 0.3 is 0 Å². The number of carbonyl (C=O) groups excluding carboxylic acids is 2. The number of hydrogen-bond donors (Lipinski definition) is 1. The van der Waals surface area contributed by atoms with Crippen LogP contribution in [0.15, 0.2) is 36.4 Å². The van der Waals surface area contributed by atoms with Crippen molar-refractivity contribution in [3.8, 4) is 23.0 Å². The highest BCUT2D eigenvalue weighted by atomic mass is 16.7. The van der Waals surface area contributed by atoms with Gasteiger partial charge in [0.2, 0.25) is 12.7 Å². The summed E-state index contributed by atoms with van der Waals surface area (Å²) in [6, 6.07) is 10.6. The maximum atomic E-state index is 12.7. The first-order valence-corrected chi connectivity index (χ1v) is 10.5. The average molecular weight is 426 g/mol. The van der Waals surface area contributed by atoms with Crippen molar-refractivity contribution in [2.24, 2.45) is 5.92 Å². The third-order valence-corrected chi connectivity index (χ3v) is 5.23. The first-order valence-electron chi connectivity index (χ1n) is 10.5. The lowest BCUT2D eigenvalue weighted by Gasteiger charge is -2.17. The van der Waals surface area contributed by atoms with Gasteiger partial charge in [-0.3, -0.25) is 9.59 Å². The maximum absolute atomic E-state index is 12.7. The summed E-state index contributed by atoms with van der Waals surface area (Å²) < 4.78 is 21.9. The molecule has 2 aliphatic rings. The molecule has 31 heavy (non-hydrogen) atoms. The summed E-state index contributed by atoms with van der Waals surface area (Å²) in [6.45, 7) is 5.90. The van der Waals surface area contributed by atoms with Gasteiger partial charge < -0.3 is 29.2 Å². The summed E-state index contributed by atoms with van der Waals surface area (Å²) in [5, 5.41) is 2.94. The van der Waals surface area contributed by atoms with Gasteiger partial charge in [0, 0.05) is 42.7 Å². The largest absolute Gasteiger partial charge is 0.490 e. The fraction of sp³-hybridized carbons (Fsp3) is 0.391. The van der Waals surface area contributed by atoms with E-state index in [1.807, 2.05) is 32.0 Å². The van der Waals surface area contributed by atoms with Crippen LogP contribution < -0.4 is 29.2 Å². The van der Waals surface area contributed by atoms with Gasteiger partial charge in [-0.1, -0.05) is 0 Å². The fourth-order valence-corrected chi connectivity index (χ4v) is 3.75. The molecular formula is C23H26N2O6. The summed E-state index contributed by atoms with van der Waals surface area (Å²) in [5.41, 5.74) is 1.26. The van der Waals surface area contributed by atoms with Crippen LogP contribution in [0.2, 0.25) is 0 Å². The molecule has 8 nitrogen and oxygen atoms in total. The number of amides is 2. The van der Waals surface area contributed by atoms with Crippen LogP contribution in [-0.2, 0) is 4.79 Å². The highest BCUT2D eigenvalue weighted by molar-refractivity contribution is 5.97. The minimum absolute atomic E-state index is 0.0240. The lowest BCUT2D eigenvalue weighted by molar-refractivity contribution is -0.117. The van der Waals surface area contributed by atoms with E-state index in [0.29, 0.717) is 61.3 Å². The molecule has 0 saturated carbocycles. The number of carbonyl (C=O) groups is 2. The Morgan fingerprint density at radius 3 is 2.65 bits per heavy atom. The number of anilines is 1. The molecular weight excluding hydrogens is 400 g/mol. The maximum Gasteiger partial charge on any atom is 0.251 e. The Kier molecular flexibility index (Phi) is 6.16. The number of ether oxygens (including phenoxy) is 4. The number of rotatable bonds is 8. The van der Waals surface area contributed by atoms with Crippen molar-refractivity contribution in [1.82, 2.24) is 5.32 Å². The van der Waals surface area contributed by atoms with E-state index >= 15 is 0 Å². The smallest absolute Gasteiger partial charge is 0.251 e. The third-order valence-electron chi connectivity index (χ3n) is 5.23. The minimum atomic E-state index is -0.210. The van der Waals surface area contributed by atoms with E-state index in [1.165, 1.54) is 0 Å². The Bertz CT molecular complexity index is 977. The van der Waals surface area contributed by atoms with Gasteiger partial charge in [-0.25, -0.2) is 0 Å². The van der Waals surface area contributed by atoms with Gasteiger partial charge in [0.05, 0.1) is 13.2 Å². The zero-order chi connectivity index (χ0) is 21.8. The summed E-state index contributed by atoms with van der Waals surface area (Å²) in [5.74, 6) is 2.32. The van der Waals surface area contributed by atoms with Gasteiger partial charge in [0.1, 0.15) is 0 Å². The van der Waals surface area contributed by atoms with Gasteiger partial charge in [0.25, 0.3) is 5.91 Å². The monoisotopic (exact) mass is 426 g/mol. The standard InChI is InChI=1S/C23H26N2O6/c1-3-28-18-7-5-16(10-20(18)29-4-2)23(27)24-12-15-9-22(26)25(13-15)17-6-8-19-21(11-17)31-14-30-19/h5-8,10-11,15H,3-4,9,12-14H2,1-2H3,(H,24,27). The molecule has 4 rings (SSSR count). The molecule has 8 heteroatoms. The molecule has 0 radical (unpaired) electrons. The summed E-state index contributed by atoms with van der Waals surface area (Å²) >= 11 is 0. The van der Waals surface area contributed by atoms with Crippen molar-refractivity contribution >= 4 is 17.5 Å². The van der Waals surface area contributed by atoms with Crippen LogP contribution >= 0.6 is 0 Å². The number of benzene rings is 2. The van der Waals surface area contributed by atoms with E-state index in [0.717, 1.165) is 5.69 Å². The Morgan fingerprint density at radius 1 is 1.06 bits per heavy atom. The second-order valence-electron chi connectivity index (χ2n) is 7.35. The molecule has 1 N–H and O–H groups in total. The van der Waals surface area contributed by atoms with Crippen LogP contribution in [-0.4, -0.2) is 44.9 Å². The molecule has 0 bridgehead atoms. The van der Waals surface area contributed by atoms with Gasteiger partial charge in [-0.05, 0) is 44.2 Å². The Balaban J connectivity index is 1.37. The molecule has 2 amide bonds. The zero-order valence-corrected chi connectivity index (χ0v) is 17.7. The average Bonchev–Trinajstić information content (AvgIpc) is 3.39. The second-order valence-corrected chi connectivity index (χ2v) is 7.35. The Morgan fingerprint density at radius 2 is 1.84 bits per heavy atom. The van der Waals surface area contributed by atoms with Crippen LogP contribution in [0, 0.1) is 5.92 Å². The predicted molar refractivity (Wildman–Crippen MR) is 114 cm³/mol. The SMILES string of the molecule is CCOc1ccc(C(=O)NCC2CC(=O)N(c3ccc4c(c3)OCO4)C2)cc1OCC. The van der Waals surface area contributed by atoms with Crippen molar-refractivity contribution in [3.63, 3.8) is 0 Å². The predicted octanol–water partition coefficient (Wildman–Crippen LogP) is 3.00. The third kappa shape index (κ3) is 4.52. The normalized spacial score (nSPS) is 17.0. The van der Waals surface area contributed by atoms with Crippen molar-refractivity contribution in [2.45, 2.75) is 20.3 Å². The van der Waals surface area contributed by atoms with Crippen LogP contribution in [0.25, 0.3) is 0 Å². The lowest BCUT2D eigenvalue weighted by Crippen LogP contribution is -2.31. The quantitative estimate of drug-likeness (QED) is 0.698. The molecule has 2 aromatic carbocycles. The van der Waals surface area contributed by atoms with E-state index in [2.05, 4.69) is 5.32 Å². The molecule has 0 spiro atoms. The van der Waals surface area contributed by atoms with Crippen LogP contribution in [0.5, 0.6) is 23.0 Å². The van der Waals surface area contributed by atoms with Crippen LogP contribution in [0.3, 0.4) is 0 Å². The van der Waals surface area contributed by atoms with E-state index < -0.39 is 0 Å². The van der Waals surface area contributed by atoms with Gasteiger partial charge in [-0.15, -0.1) is 0 Å². The van der Waals surface area contributed by atoms with Gasteiger partial charge in [-0.2, -0.15) is 0 Å². The summed E-state index contributed by atoms with van der Waals surface area (Å²) in [4.78, 5) is 26.9. The molecule has 2 heterocycles. The topological polar surface area (TPSA) is 86.3 Å². The fourth-order valence-electron chi connectivity index (χ4n) is 3.75. The Labute approximate surface area is 181 Å². The van der Waals surface area contributed by atoms with E-state index in [-0.39, 0.29) is 24.5 Å².